The Morgan fingerprint density at radius 2 is 1.78 bits per heavy atom. The fourth-order valence-corrected chi connectivity index (χ4v) is 3.12. The van der Waals surface area contributed by atoms with Gasteiger partial charge in [0.1, 0.15) is 0 Å². The first-order valence-electron chi connectivity index (χ1n) is 8.25. The van der Waals surface area contributed by atoms with Gasteiger partial charge in [-0.3, -0.25) is 4.99 Å². The van der Waals surface area contributed by atoms with Gasteiger partial charge < -0.3 is 24.8 Å². The van der Waals surface area contributed by atoms with Crippen molar-refractivity contribution < 1.29 is 14.2 Å². The lowest BCUT2D eigenvalue weighted by atomic mass is 10.2. The third-order valence-electron chi connectivity index (χ3n) is 3.75. The molecule has 1 aromatic heterocycles. The van der Waals surface area contributed by atoms with Crippen LogP contribution in [0.1, 0.15) is 16.3 Å². The number of halogens is 1. The molecule has 0 radical (unpaired) electrons. The van der Waals surface area contributed by atoms with Crippen LogP contribution in [-0.2, 0) is 13.0 Å². The Labute approximate surface area is 181 Å². The predicted molar refractivity (Wildman–Crippen MR) is 120 cm³/mol. The maximum Gasteiger partial charge on any atom is 0.203 e. The number of benzene rings is 1. The highest BCUT2D eigenvalue weighted by molar-refractivity contribution is 14.0. The molecule has 2 aromatic rings. The second-order valence-electron chi connectivity index (χ2n) is 5.49. The van der Waals surface area contributed by atoms with Gasteiger partial charge in [-0.15, -0.1) is 35.3 Å². The van der Waals surface area contributed by atoms with Crippen LogP contribution in [0.2, 0.25) is 0 Å². The highest BCUT2D eigenvalue weighted by Crippen LogP contribution is 2.38. The summed E-state index contributed by atoms with van der Waals surface area (Å²) in [6, 6.07) is 3.83. The molecule has 0 saturated heterocycles. The fraction of sp³-hybridized carbons (Fsp3) is 0.444. The van der Waals surface area contributed by atoms with Crippen LogP contribution in [0.3, 0.4) is 0 Å². The zero-order chi connectivity index (χ0) is 18.9. The van der Waals surface area contributed by atoms with Crippen molar-refractivity contribution in [2.75, 3.05) is 34.9 Å². The molecule has 0 fully saturated rings. The highest BCUT2D eigenvalue weighted by atomic mass is 127. The zero-order valence-corrected chi connectivity index (χ0v) is 19.4. The lowest BCUT2D eigenvalue weighted by Gasteiger charge is -2.15. The van der Waals surface area contributed by atoms with Gasteiger partial charge in [-0.05, 0) is 24.6 Å². The Morgan fingerprint density at radius 1 is 1.11 bits per heavy atom. The summed E-state index contributed by atoms with van der Waals surface area (Å²) in [4.78, 5) is 8.71. The van der Waals surface area contributed by atoms with Crippen LogP contribution in [0.25, 0.3) is 0 Å². The number of hydrogen-bond acceptors (Lipinski definition) is 6. The Hall–Kier alpha value is -1.75. The molecule has 0 aliphatic heterocycles. The molecule has 7 nitrogen and oxygen atoms in total. The van der Waals surface area contributed by atoms with E-state index in [1.807, 2.05) is 19.1 Å². The molecule has 0 amide bonds. The Bertz CT molecular complexity index is 727. The van der Waals surface area contributed by atoms with Crippen LogP contribution < -0.4 is 24.8 Å². The van der Waals surface area contributed by atoms with Crippen molar-refractivity contribution in [3.05, 3.63) is 33.8 Å². The van der Waals surface area contributed by atoms with Gasteiger partial charge in [0, 0.05) is 31.9 Å². The van der Waals surface area contributed by atoms with Gasteiger partial charge in [0.15, 0.2) is 17.5 Å². The van der Waals surface area contributed by atoms with Crippen molar-refractivity contribution in [2.45, 2.75) is 19.9 Å². The lowest BCUT2D eigenvalue weighted by Crippen LogP contribution is -2.37. The van der Waals surface area contributed by atoms with Gasteiger partial charge in [0.05, 0.1) is 32.0 Å². The van der Waals surface area contributed by atoms with E-state index in [1.54, 1.807) is 39.7 Å². The molecule has 0 aliphatic carbocycles. The average Bonchev–Trinajstić information content (AvgIpc) is 3.08. The van der Waals surface area contributed by atoms with Crippen LogP contribution in [0.4, 0.5) is 0 Å². The minimum atomic E-state index is 0. The molecule has 0 aliphatic rings. The van der Waals surface area contributed by atoms with E-state index < -0.39 is 0 Å². The van der Waals surface area contributed by atoms with E-state index in [-0.39, 0.29) is 24.0 Å². The Morgan fingerprint density at radius 3 is 2.26 bits per heavy atom. The first-order chi connectivity index (χ1) is 12.6. The van der Waals surface area contributed by atoms with E-state index in [1.165, 1.54) is 0 Å². The number of ether oxygens (including phenoxy) is 3. The molecule has 0 bridgehead atoms. The largest absolute Gasteiger partial charge is 0.493 e. The molecule has 1 heterocycles. The average molecular weight is 506 g/mol. The SMILES string of the molecule is CN=C(NCCc1csc(C)n1)NCc1cc(OC)c(OC)c(OC)c1.I. The number of aliphatic imine (C=N–C) groups is 1. The summed E-state index contributed by atoms with van der Waals surface area (Å²) >= 11 is 1.67. The number of rotatable bonds is 8. The second-order valence-corrected chi connectivity index (χ2v) is 6.56. The molecule has 1 aromatic carbocycles. The molecule has 0 unspecified atom stereocenters. The molecule has 9 heteroatoms. The number of aryl methyl sites for hydroxylation is 1. The number of thiazole rings is 1. The minimum absolute atomic E-state index is 0. The van der Waals surface area contributed by atoms with Crippen LogP contribution >= 0.6 is 35.3 Å². The molecular formula is C18H27IN4O3S. The summed E-state index contributed by atoms with van der Waals surface area (Å²) in [5.41, 5.74) is 2.10. The molecule has 0 saturated carbocycles. The lowest BCUT2D eigenvalue weighted by molar-refractivity contribution is 0.323. The van der Waals surface area contributed by atoms with Gasteiger partial charge in [0.25, 0.3) is 0 Å². The number of guanidine groups is 1. The summed E-state index contributed by atoms with van der Waals surface area (Å²) < 4.78 is 16.1. The normalized spacial score (nSPS) is 10.8. The summed E-state index contributed by atoms with van der Waals surface area (Å²) in [6.45, 7) is 3.35. The van der Waals surface area contributed by atoms with Crippen LogP contribution in [0.5, 0.6) is 17.2 Å². The summed E-state index contributed by atoms with van der Waals surface area (Å²) in [5, 5.41) is 9.75. The van der Waals surface area contributed by atoms with Crippen molar-refractivity contribution in [1.29, 1.82) is 0 Å². The number of methoxy groups -OCH3 is 3. The molecule has 0 atom stereocenters. The number of nitrogens with zero attached hydrogens (tertiary/aromatic N) is 2. The molecule has 2 N–H and O–H groups in total. The molecule has 27 heavy (non-hydrogen) atoms. The van der Waals surface area contributed by atoms with Crippen molar-refractivity contribution >= 4 is 41.3 Å². The van der Waals surface area contributed by atoms with Crippen molar-refractivity contribution in [3.63, 3.8) is 0 Å². The maximum atomic E-state index is 5.38. The molecule has 150 valence electrons. The van der Waals surface area contributed by atoms with Crippen molar-refractivity contribution in [1.82, 2.24) is 15.6 Å². The first kappa shape index (κ1) is 23.3. The Balaban J connectivity index is 0.00000364. The van der Waals surface area contributed by atoms with Crippen molar-refractivity contribution in [2.24, 2.45) is 4.99 Å². The molecular weight excluding hydrogens is 479 g/mol. The van der Waals surface area contributed by atoms with E-state index in [9.17, 15) is 0 Å². The smallest absolute Gasteiger partial charge is 0.203 e. The van der Waals surface area contributed by atoms with E-state index in [4.69, 9.17) is 14.2 Å². The van der Waals surface area contributed by atoms with Gasteiger partial charge in [0.2, 0.25) is 5.75 Å². The number of hydrogen-bond donors (Lipinski definition) is 2. The second kappa shape index (κ2) is 11.9. The van der Waals surface area contributed by atoms with Gasteiger partial charge >= 0.3 is 0 Å². The van der Waals surface area contributed by atoms with E-state index in [0.29, 0.717) is 23.8 Å². The first-order valence-corrected chi connectivity index (χ1v) is 9.13. The van der Waals surface area contributed by atoms with Crippen LogP contribution in [0.15, 0.2) is 22.5 Å². The third-order valence-corrected chi connectivity index (χ3v) is 4.57. The topological polar surface area (TPSA) is 77.0 Å². The van der Waals surface area contributed by atoms with Crippen LogP contribution in [0, 0.1) is 6.92 Å². The summed E-state index contributed by atoms with van der Waals surface area (Å²) in [7, 11) is 6.55. The zero-order valence-electron chi connectivity index (χ0n) is 16.3. The van der Waals surface area contributed by atoms with E-state index in [0.717, 1.165) is 35.2 Å². The fourth-order valence-electron chi connectivity index (χ4n) is 2.48. The monoisotopic (exact) mass is 506 g/mol. The number of nitrogens with one attached hydrogen (secondary N) is 2. The minimum Gasteiger partial charge on any atom is -0.493 e. The third kappa shape index (κ3) is 6.73. The van der Waals surface area contributed by atoms with E-state index >= 15 is 0 Å². The van der Waals surface area contributed by atoms with Crippen molar-refractivity contribution in [3.8, 4) is 17.2 Å². The van der Waals surface area contributed by atoms with Crippen LogP contribution in [-0.4, -0.2) is 45.9 Å². The molecule has 0 spiro atoms. The number of aromatic nitrogens is 1. The summed E-state index contributed by atoms with van der Waals surface area (Å²) in [6.07, 6.45) is 0.856. The summed E-state index contributed by atoms with van der Waals surface area (Å²) in [5.74, 6) is 2.57. The van der Waals surface area contributed by atoms with Gasteiger partial charge in [-0.25, -0.2) is 4.98 Å². The predicted octanol–water partition coefficient (Wildman–Crippen LogP) is 3.00. The molecule has 2 rings (SSSR count). The Kier molecular flexibility index (Phi) is 10.2. The van der Waals surface area contributed by atoms with Gasteiger partial charge in [-0.1, -0.05) is 0 Å². The van der Waals surface area contributed by atoms with Gasteiger partial charge in [-0.2, -0.15) is 0 Å². The maximum absolute atomic E-state index is 5.38. The highest BCUT2D eigenvalue weighted by Gasteiger charge is 2.13. The standard InChI is InChI=1S/C18H26N4O3S.HI/c1-12-22-14(11-26-12)6-7-20-18(19-2)21-10-13-8-15(23-3)17(25-5)16(9-13)24-4;/h8-9,11H,6-7,10H2,1-5H3,(H2,19,20,21);1H. The van der Waals surface area contributed by atoms with E-state index in [2.05, 4.69) is 26.0 Å². The quantitative estimate of drug-likeness (QED) is 0.326.